The summed E-state index contributed by atoms with van der Waals surface area (Å²) in [4.78, 5) is 0. The number of allylic oxidation sites excluding steroid dienone is 5. The molecule has 0 saturated heterocycles. The van der Waals surface area contributed by atoms with E-state index >= 15 is 0 Å². The molecule has 1 aliphatic rings. The van der Waals surface area contributed by atoms with Crippen LogP contribution in [0.3, 0.4) is 0 Å². The van der Waals surface area contributed by atoms with Crippen LogP contribution in [0.25, 0.3) is 106 Å². The molecule has 276 valence electrons. The second-order valence-corrected chi connectivity index (χ2v) is 15.2. The molecule has 0 fully saturated rings. The summed E-state index contributed by atoms with van der Waals surface area (Å²) in [6.07, 6.45) is 15.4. The van der Waals surface area contributed by atoms with Crippen LogP contribution in [-0.2, 0) is 0 Å². The van der Waals surface area contributed by atoms with E-state index in [2.05, 4.69) is 193 Å². The van der Waals surface area contributed by atoms with Gasteiger partial charge in [0.1, 0.15) is 11.2 Å². The number of para-hydroxylation sites is 2. The van der Waals surface area contributed by atoms with Gasteiger partial charge in [-0.1, -0.05) is 116 Å². The van der Waals surface area contributed by atoms with Gasteiger partial charge in [-0.3, -0.25) is 0 Å². The first-order valence-corrected chi connectivity index (χ1v) is 20.1. The fourth-order valence-electron chi connectivity index (χ4n) is 9.13. The quantitative estimate of drug-likeness (QED) is 0.159. The molecule has 0 unspecified atom stereocenters. The Hall–Kier alpha value is -7.36. The molecule has 0 amide bonds. The van der Waals surface area contributed by atoms with E-state index in [-0.39, 0.29) is 0 Å². The minimum atomic E-state index is 0.901. The second-order valence-electron chi connectivity index (χ2n) is 15.2. The monoisotopic (exact) mass is 744 g/mol. The Bertz CT molecular complexity index is 3360. The van der Waals surface area contributed by atoms with E-state index in [0.29, 0.717) is 0 Å². The van der Waals surface area contributed by atoms with Crippen molar-refractivity contribution >= 4 is 72.4 Å². The highest BCUT2D eigenvalue weighted by Gasteiger charge is 2.19. The predicted molar refractivity (Wildman–Crippen MR) is 247 cm³/mol. The third kappa shape index (κ3) is 5.43. The van der Waals surface area contributed by atoms with Crippen LogP contribution >= 0.6 is 0 Å². The van der Waals surface area contributed by atoms with Crippen LogP contribution in [0, 0.1) is 0 Å². The van der Waals surface area contributed by atoms with Gasteiger partial charge in [-0.15, -0.1) is 0 Å². The van der Waals surface area contributed by atoms with Crippen molar-refractivity contribution < 1.29 is 4.42 Å². The van der Waals surface area contributed by atoms with Crippen LogP contribution in [-0.4, -0.2) is 9.13 Å². The molecule has 58 heavy (non-hydrogen) atoms. The molecule has 10 aromatic rings. The molecule has 0 aliphatic heterocycles. The van der Waals surface area contributed by atoms with Crippen molar-refractivity contribution in [1.29, 1.82) is 0 Å². The molecular weight excluding hydrogens is 705 g/mol. The van der Waals surface area contributed by atoms with Crippen molar-refractivity contribution in [3.8, 4) is 33.6 Å². The Kier molecular flexibility index (Phi) is 8.01. The molecule has 0 N–H and O–H groups in total. The summed E-state index contributed by atoms with van der Waals surface area (Å²) in [7, 11) is 0. The molecule has 3 heteroatoms. The maximum absolute atomic E-state index is 6.18. The van der Waals surface area contributed by atoms with Crippen LogP contribution in [0.1, 0.15) is 36.6 Å². The zero-order chi connectivity index (χ0) is 38.7. The first-order chi connectivity index (χ1) is 28.7. The normalized spacial score (nSPS) is 13.2. The van der Waals surface area contributed by atoms with Crippen molar-refractivity contribution in [2.45, 2.75) is 19.8 Å². The summed E-state index contributed by atoms with van der Waals surface area (Å²) in [5.41, 5.74) is 17.1. The molecule has 0 atom stereocenters. The number of furan rings is 1. The average molecular weight is 745 g/mol. The highest BCUT2D eigenvalue weighted by molar-refractivity contribution is 6.12. The SMILES string of the molecule is C=Cc1c(/C=C\C)c2cc(-c3ccc4c(c3)c3ccccc3n4-c3ccc4oc5ccccc5c4c3)ccc2n1-c1ccc(-c2cccc(C3=CCCC=C3)c2)cc1. The molecule has 0 saturated carbocycles. The molecular formula is C55H40N2O. The topological polar surface area (TPSA) is 23.0 Å². The summed E-state index contributed by atoms with van der Waals surface area (Å²) >= 11 is 0. The summed E-state index contributed by atoms with van der Waals surface area (Å²) in [5.74, 6) is 0. The maximum Gasteiger partial charge on any atom is 0.135 e. The zero-order valence-electron chi connectivity index (χ0n) is 32.3. The van der Waals surface area contributed by atoms with Gasteiger partial charge >= 0.3 is 0 Å². The van der Waals surface area contributed by atoms with Crippen molar-refractivity contribution in [3.63, 3.8) is 0 Å². The molecule has 7 aromatic carbocycles. The van der Waals surface area contributed by atoms with E-state index in [1.54, 1.807) is 0 Å². The largest absolute Gasteiger partial charge is 0.456 e. The van der Waals surface area contributed by atoms with Gasteiger partial charge in [0.15, 0.2) is 0 Å². The van der Waals surface area contributed by atoms with Gasteiger partial charge in [0.2, 0.25) is 0 Å². The third-order valence-corrected chi connectivity index (χ3v) is 11.8. The molecule has 11 rings (SSSR count). The number of nitrogens with zero attached hydrogens (tertiary/aromatic N) is 2. The molecule has 3 nitrogen and oxygen atoms in total. The maximum atomic E-state index is 6.18. The minimum Gasteiger partial charge on any atom is -0.456 e. The van der Waals surface area contributed by atoms with E-state index in [0.717, 1.165) is 57.4 Å². The van der Waals surface area contributed by atoms with E-state index in [4.69, 9.17) is 4.42 Å². The zero-order valence-corrected chi connectivity index (χ0v) is 32.3. The van der Waals surface area contributed by atoms with Gasteiger partial charge in [0.05, 0.1) is 22.2 Å². The Morgan fingerprint density at radius 2 is 1.19 bits per heavy atom. The highest BCUT2D eigenvalue weighted by Crippen LogP contribution is 2.40. The van der Waals surface area contributed by atoms with Gasteiger partial charge in [-0.2, -0.15) is 0 Å². The van der Waals surface area contributed by atoms with Crippen molar-refractivity contribution in [2.24, 2.45) is 0 Å². The summed E-state index contributed by atoms with van der Waals surface area (Å²) in [6, 6.07) is 55.1. The Balaban J connectivity index is 1.00. The van der Waals surface area contributed by atoms with Gasteiger partial charge in [0.25, 0.3) is 0 Å². The van der Waals surface area contributed by atoms with Crippen LogP contribution in [0.15, 0.2) is 187 Å². The smallest absolute Gasteiger partial charge is 0.135 e. The van der Waals surface area contributed by atoms with Gasteiger partial charge in [-0.05, 0) is 132 Å². The summed E-state index contributed by atoms with van der Waals surface area (Å²) in [6.45, 7) is 6.38. The number of hydrogen-bond acceptors (Lipinski definition) is 1. The Morgan fingerprint density at radius 3 is 1.98 bits per heavy atom. The average Bonchev–Trinajstić information content (AvgIpc) is 3.93. The number of rotatable bonds is 7. The van der Waals surface area contributed by atoms with E-state index < -0.39 is 0 Å². The number of fused-ring (bicyclic) bond motifs is 7. The number of hydrogen-bond donors (Lipinski definition) is 0. The summed E-state index contributed by atoms with van der Waals surface area (Å²) < 4.78 is 10.9. The fraction of sp³-hybridized carbons (Fsp3) is 0.0545. The van der Waals surface area contributed by atoms with Crippen molar-refractivity contribution in [1.82, 2.24) is 9.13 Å². The second kappa shape index (κ2) is 13.7. The lowest BCUT2D eigenvalue weighted by atomic mass is 9.96. The standard InChI is InChI=1S/C55H40N2O/c1-3-13-44-47-33-40(24-29-52(47)56(50(44)4-2)42-26-22-37(23-27-42)39-17-12-16-38(32-39)36-14-6-5-7-15-36)41-25-30-53-48(34-41)45-18-8-10-20-51(45)57(53)43-28-31-55-49(35-43)46-19-9-11-21-54(46)58-55/h3-4,6,8-35H,2,5,7H2,1H3/b13-3-. The lowest BCUT2D eigenvalue weighted by Crippen LogP contribution is -1.97. The Morgan fingerprint density at radius 1 is 0.517 bits per heavy atom. The third-order valence-electron chi connectivity index (χ3n) is 11.8. The number of aromatic nitrogens is 2. The molecule has 1 aliphatic carbocycles. The van der Waals surface area contributed by atoms with Gasteiger partial charge in [0, 0.05) is 43.9 Å². The lowest BCUT2D eigenvalue weighted by molar-refractivity contribution is 0.669. The number of benzene rings is 7. The van der Waals surface area contributed by atoms with E-state index in [1.807, 2.05) is 18.2 Å². The molecule has 0 bridgehead atoms. The van der Waals surface area contributed by atoms with Crippen molar-refractivity contribution in [3.05, 3.63) is 199 Å². The fourth-order valence-corrected chi connectivity index (χ4v) is 9.13. The summed E-state index contributed by atoms with van der Waals surface area (Å²) in [5, 5.41) is 5.90. The van der Waals surface area contributed by atoms with Crippen LogP contribution in [0.5, 0.6) is 0 Å². The molecule has 0 spiro atoms. The minimum absolute atomic E-state index is 0.901. The highest BCUT2D eigenvalue weighted by atomic mass is 16.3. The lowest BCUT2D eigenvalue weighted by Gasteiger charge is -2.12. The van der Waals surface area contributed by atoms with E-state index in [9.17, 15) is 0 Å². The molecule has 3 aromatic heterocycles. The predicted octanol–water partition coefficient (Wildman–Crippen LogP) is 15.4. The van der Waals surface area contributed by atoms with Gasteiger partial charge in [-0.25, -0.2) is 0 Å². The van der Waals surface area contributed by atoms with E-state index in [1.165, 1.54) is 66.1 Å². The van der Waals surface area contributed by atoms with Crippen LogP contribution in [0.2, 0.25) is 0 Å². The van der Waals surface area contributed by atoms with Crippen molar-refractivity contribution in [2.75, 3.05) is 0 Å². The molecule has 3 heterocycles. The van der Waals surface area contributed by atoms with Crippen LogP contribution < -0.4 is 0 Å². The first-order valence-electron chi connectivity index (χ1n) is 20.1. The van der Waals surface area contributed by atoms with Crippen LogP contribution in [0.4, 0.5) is 0 Å². The molecule has 0 radical (unpaired) electrons. The Labute approximate surface area is 337 Å². The first kappa shape index (κ1) is 33.9. The van der Waals surface area contributed by atoms with Gasteiger partial charge < -0.3 is 13.6 Å².